The van der Waals surface area contributed by atoms with Crippen LogP contribution in [0.3, 0.4) is 0 Å². The van der Waals surface area contributed by atoms with Gasteiger partial charge in [-0.25, -0.2) is 0 Å². The van der Waals surface area contributed by atoms with E-state index in [4.69, 9.17) is 9.47 Å². The molecule has 11 heavy (non-hydrogen) atoms. The van der Waals surface area contributed by atoms with Gasteiger partial charge in [-0.3, -0.25) is 0 Å². The van der Waals surface area contributed by atoms with Crippen LogP contribution in [0.2, 0.25) is 0 Å². The van der Waals surface area contributed by atoms with Crippen molar-refractivity contribution < 1.29 is 9.47 Å². The van der Waals surface area contributed by atoms with Crippen molar-refractivity contribution in [2.75, 3.05) is 13.9 Å². The van der Waals surface area contributed by atoms with Gasteiger partial charge in [0.15, 0.2) is 6.79 Å². The number of hydrogen-bond donors (Lipinski definition) is 0. The Morgan fingerprint density at radius 3 is 2.73 bits per heavy atom. The molecule has 0 aliphatic rings. The van der Waals surface area contributed by atoms with Crippen LogP contribution in [-0.4, -0.2) is 13.9 Å². The summed E-state index contributed by atoms with van der Waals surface area (Å²) in [6, 6.07) is 7.82. The molecule has 0 saturated heterocycles. The fourth-order valence-corrected chi connectivity index (χ4v) is 1.23. The van der Waals surface area contributed by atoms with E-state index in [9.17, 15) is 0 Å². The van der Waals surface area contributed by atoms with Gasteiger partial charge in [-0.15, -0.1) is 0 Å². The summed E-state index contributed by atoms with van der Waals surface area (Å²) in [4.78, 5) is 0. The van der Waals surface area contributed by atoms with Crippen LogP contribution >= 0.6 is 22.6 Å². The first kappa shape index (κ1) is 8.80. The van der Waals surface area contributed by atoms with E-state index in [2.05, 4.69) is 22.6 Å². The number of ether oxygens (including phenoxy) is 2. The van der Waals surface area contributed by atoms with E-state index in [0.29, 0.717) is 6.79 Å². The van der Waals surface area contributed by atoms with Gasteiger partial charge in [-0.05, 0) is 34.7 Å². The SMILES string of the molecule is COCO[14c]1[14cH][14cH][14cH][14cH][14c]1I. The highest BCUT2D eigenvalue weighted by Crippen LogP contribution is 2.19. The molecule has 0 radical (unpaired) electrons. The average molecular weight is 276 g/mol. The average Bonchev–Trinajstić information content (AvgIpc) is 2.03. The number of rotatable bonds is 3. The maximum atomic E-state index is 5.26. The van der Waals surface area contributed by atoms with Crippen molar-refractivity contribution in [2.45, 2.75) is 0 Å². The van der Waals surface area contributed by atoms with E-state index in [1.165, 1.54) is 0 Å². The van der Waals surface area contributed by atoms with Crippen LogP contribution < -0.4 is 4.74 Å². The molecule has 0 aliphatic heterocycles. The van der Waals surface area contributed by atoms with Gasteiger partial charge < -0.3 is 9.47 Å². The van der Waals surface area contributed by atoms with Crippen molar-refractivity contribution in [1.82, 2.24) is 0 Å². The maximum Gasteiger partial charge on any atom is 0.188 e. The van der Waals surface area contributed by atoms with Crippen LogP contribution in [0, 0.1) is 3.57 Å². The van der Waals surface area contributed by atoms with E-state index in [1.54, 1.807) is 7.11 Å². The quantitative estimate of drug-likeness (QED) is 0.623. The minimum absolute atomic E-state index is 0.306. The first-order valence-electron chi connectivity index (χ1n) is 3.21. The predicted octanol–water partition coefficient (Wildman–Crippen LogP) is 2.27. The smallest absolute Gasteiger partial charge is 0.188 e. The van der Waals surface area contributed by atoms with Crippen molar-refractivity contribution in [2.24, 2.45) is 0 Å². The van der Waals surface area contributed by atoms with Crippen LogP contribution in [0.4, 0.5) is 0 Å². The monoisotopic (exact) mass is 276 g/mol. The summed E-state index contributed by atoms with van der Waals surface area (Å²) in [6.07, 6.45) is 0. The molecule has 2 nitrogen and oxygen atoms in total. The molecule has 0 spiro atoms. The molecule has 0 aromatic heterocycles. The largest absolute Gasteiger partial charge is 0.466 e. The van der Waals surface area contributed by atoms with Crippen molar-refractivity contribution >= 4 is 22.6 Å². The molecule has 0 heterocycles. The molecule has 1 rings (SSSR count). The van der Waals surface area contributed by atoms with Gasteiger partial charge in [0.05, 0.1) is 3.57 Å². The Bertz CT molecular complexity index is 225. The first-order chi connectivity index (χ1) is 5.34. The topological polar surface area (TPSA) is 18.5 Å². The van der Waals surface area contributed by atoms with Crippen LogP contribution in [0.5, 0.6) is 5.75 Å². The van der Waals surface area contributed by atoms with E-state index >= 15 is 0 Å². The normalized spacial score (nSPS) is 9.64. The molecule has 0 amide bonds. The Labute approximate surface area is 79.7 Å². The maximum absolute atomic E-state index is 5.26. The fraction of sp³-hybridized carbons (Fsp3) is 0.250. The molecule has 0 unspecified atom stereocenters. The van der Waals surface area contributed by atoms with Crippen molar-refractivity contribution in [3.63, 3.8) is 0 Å². The highest BCUT2D eigenvalue weighted by atomic mass is 127. The zero-order chi connectivity index (χ0) is 8.10. The highest BCUT2D eigenvalue weighted by molar-refractivity contribution is 14.1. The second-order valence-corrected chi connectivity index (χ2v) is 3.14. The minimum Gasteiger partial charge on any atom is -0.466 e. The van der Waals surface area contributed by atoms with Crippen LogP contribution in [-0.2, 0) is 4.74 Å². The summed E-state index contributed by atoms with van der Waals surface area (Å²) >= 11 is 2.22. The fourth-order valence-electron chi connectivity index (χ4n) is 0.684. The molecule has 0 N–H and O–H groups in total. The summed E-state index contributed by atoms with van der Waals surface area (Å²) in [7, 11) is 1.61. The highest BCUT2D eigenvalue weighted by Gasteiger charge is 1.96. The van der Waals surface area contributed by atoms with Gasteiger partial charge in [-0.2, -0.15) is 0 Å². The van der Waals surface area contributed by atoms with Gasteiger partial charge in [0.25, 0.3) is 0 Å². The van der Waals surface area contributed by atoms with E-state index in [1.807, 2.05) is 24.3 Å². The molecule has 1 aromatic carbocycles. The van der Waals surface area contributed by atoms with Crippen molar-refractivity contribution in [3.8, 4) is 5.75 Å². The van der Waals surface area contributed by atoms with Crippen molar-refractivity contribution in [3.05, 3.63) is 27.8 Å². The molecule has 0 atom stereocenters. The predicted molar refractivity (Wildman–Crippen MR) is 51.7 cm³/mol. The number of benzene rings is 1. The van der Waals surface area contributed by atoms with Crippen LogP contribution in [0.15, 0.2) is 24.3 Å². The summed E-state index contributed by atoms with van der Waals surface area (Å²) in [5.41, 5.74) is 0. The lowest BCUT2D eigenvalue weighted by molar-refractivity contribution is 0.0505. The van der Waals surface area contributed by atoms with Gasteiger partial charge >= 0.3 is 0 Å². The molecule has 0 aliphatic carbocycles. The lowest BCUT2D eigenvalue weighted by atomic mass is 11.4. The summed E-state index contributed by atoms with van der Waals surface area (Å²) in [5.74, 6) is 0.870. The molecule has 3 heteroatoms. The number of para-hydroxylation sites is 1. The van der Waals surface area contributed by atoms with Crippen molar-refractivity contribution in [1.29, 1.82) is 0 Å². The Kier molecular flexibility index (Phi) is 3.65. The minimum atomic E-state index is 0.306. The third kappa shape index (κ3) is 2.67. The third-order valence-corrected chi connectivity index (χ3v) is 2.06. The Morgan fingerprint density at radius 2 is 2.09 bits per heavy atom. The molecule has 0 saturated carbocycles. The van der Waals surface area contributed by atoms with Crippen LogP contribution in [0.25, 0.3) is 0 Å². The van der Waals surface area contributed by atoms with Gasteiger partial charge in [0.1, 0.15) is 5.75 Å². The summed E-state index contributed by atoms with van der Waals surface area (Å²) in [5, 5.41) is 0. The second kappa shape index (κ2) is 4.56. The number of methoxy groups -OCH3 is 1. The van der Waals surface area contributed by atoms with Gasteiger partial charge in [0, 0.05) is 7.11 Å². The van der Waals surface area contributed by atoms with E-state index < -0.39 is 0 Å². The second-order valence-electron chi connectivity index (χ2n) is 1.98. The molecule has 1 aromatic rings. The Balaban J connectivity index is 2.62. The number of hydrogen-bond acceptors (Lipinski definition) is 2. The van der Waals surface area contributed by atoms with Gasteiger partial charge in [-0.1, -0.05) is 12.1 Å². The Hall–Kier alpha value is -0.290. The molecular weight excluding hydrogens is 267 g/mol. The molecule has 60 valence electrons. The third-order valence-electron chi connectivity index (χ3n) is 1.17. The number of halogens is 1. The van der Waals surface area contributed by atoms with E-state index in [-0.39, 0.29) is 0 Å². The zero-order valence-electron chi connectivity index (χ0n) is 6.21. The van der Waals surface area contributed by atoms with Crippen LogP contribution in [0.1, 0.15) is 0 Å². The molecule has 0 bridgehead atoms. The van der Waals surface area contributed by atoms with E-state index in [0.717, 1.165) is 9.32 Å². The lowest BCUT2D eigenvalue weighted by Crippen LogP contribution is -1.99. The Morgan fingerprint density at radius 1 is 1.36 bits per heavy atom. The van der Waals surface area contributed by atoms with Gasteiger partial charge in [0.2, 0.25) is 0 Å². The zero-order valence-corrected chi connectivity index (χ0v) is 8.37. The summed E-state index contributed by atoms with van der Waals surface area (Å²) < 4.78 is 11.1. The first-order valence-corrected chi connectivity index (χ1v) is 4.28. The molecule has 0 fully saturated rings. The standard InChI is InChI=1S/C8H9IO2/c1-10-6-11-8-5-3-2-4-7(8)9/h2-5H,6H2,1H3/i2+2,3+2,4+2,5+2,7+2,8+2. The lowest BCUT2D eigenvalue weighted by Gasteiger charge is -2.05. The summed E-state index contributed by atoms with van der Waals surface area (Å²) in [6.45, 7) is 0.306. The molecular formula is C8H9IO2.